The van der Waals surface area contributed by atoms with Crippen LogP contribution in [0.4, 0.5) is 0 Å². The fraction of sp³-hybridized carbons (Fsp3) is 0.383. The van der Waals surface area contributed by atoms with E-state index >= 15 is 0 Å². The first kappa shape index (κ1) is 47.7. The average Bonchev–Trinajstić information content (AvgIpc) is 3.57. The molecule has 50 heavy (non-hydrogen) atoms. The SMILES string of the molecule is CC(C)(C)c1[c-]c2c(cc1)-c1ccc(C(C)(C)C)cc1C2.CC1=[C-]C(C)C=C1C(C)(C)C.Cc1cc[c-]cc1.Cc1cc[c-]cc1.Cl.Cl.[CH2]=[Zr]. The van der Waals surface area contributed by atoms with Crippen molar-refractivity contribution in [2.75, 3.05) is 0 Å². The van der Waals surface area contributed by atoms with Crippen LogP contribution in [0.2, 0.25) is 0 Å². The van der Waals surface area contributed by atoms with E-state index in [0.29, 0.717) is 11.3 Å². The Morgan fingerprint density at radius 3 is 1.46 bits per heavy atom. The van der Waals surface area contributed by atoms with Crippen LogP contribution in [-0.2, 0) is 41.5 Å². The molecule has 4 aromatic rings. The zero-order valence-electron chi connectivity index (χ0n) is 32.9. The molecule has 1 atom stereocenters. The molecule has 0 spiro atoms. The predicted octanol–water partition coefficient (Wildman–Crippen LogP) is 13.4. The zero-order chi connectivity index (χ0) is 36.3. The molecule has 0 heterocycles. The molecule has 0 aromatic heterocycles. The Labute approximate surface area is 334 Å². The van der Waals surface area contributed by atoms with Gasteiger partial charge in [0.1, 0.15) is 0 Å². The topological polar surface area (TPSA) is 0 Å². The van der Waals surface area contributed by atoms with Gasteiger partial charge in [-0.1, -0.05) is 125 Å². The second kappa shape index (κ2) is 21.3. The minimum absolute atomic E-state index is 0. The fourth-order valence-electron chi connectivity index (χ4n) is 5.62. The molecule has 3 heteroatoms. The van der Waals surface area contributed by atoms with Crippen molar-refractivity contribution in [1.29, 1.82) is 0 Å². The summed E-state index contributed by atoms with van der Waals surface area (Å²) in [6.45, 7) is 28.8. The summed E-state index contributed by atoms with van der Waals surface area (Å²) in [5.74, 6) is 0.518. The van der Waals surface area contributed by atoms with Gasteiger partial charge in [-0.05, 0) is 28.4 Å². The summed E-state index contributed by atoms with van der Waals surface area (Å²) < 4.78 is 3.34. The van der Waals surface area contributed by atoms with Crippen molar-refractivity contribution < 1.29 is 24.2 Å². The average molecular weight is 787 g/mol. The van der Waals surface area contributed by atoms with Crippen LogP contribution >= 0.6 is 24.8 Å². The summed E-state index contributed by atoms with van der Waals surface area (Å²) >= 11 is 1.30. The second-order valence-electron chi connectivity index (χ2n) is 15.9. The molecule has 4 aromatic carbocycles. The van der Waals surface area contributed by atoms with Gasteiger partial charge in [-0.3, -0.25) is 6.08 Å². The van der Waals surface area contributed by atoms with E-state index in [-0.39, 0.29) is 35.6 Å². The van der Waals surface area contributed by atoms with Crippen LogP contribution < -0.4 is 0 Å². The Balaban J connectivity index is 0.000000697. The first-order chi connectivity index (χ1) is 22.4. The fourth-order valence-corrected chi connectivity index (χ4v) is 5.62. The van der Waals surface area contributed by atoms with E-state index < -0.39 is 0 Å². The standard InChI is InChI=1S/C21H25.C11H17.2C7H7.CH2.2ClH.Zr/c1-20(2,3)16-7-9-18-14(12-16)11-15-13-17(21(4,5)6)8-10-19(15)18;1-8-6-9(2)10(7-8)11(3,4)5;2*1-7-5-3-2-4-6-7;;;;/h7-10,12H,11H2,1-6H3;7-8H,1-5H3;2*3-6H,1H3;1H2;2*1H;/q4*-1;;;;. The summed E-state index contributed by atoms with van der Waals surface area (Å²) in [5.41, 5.74) is 14.4. The molecule has 0 amide bonds. The van der Waals surface area contributed by atoms with Gasteiger partial charge in [0.05, 0.1) is 0 Å². The first-order valence-corrected chi connectivity index (χ1v) is 18.8. The number of halogens is 2. The van der Waals surface area contributed by atoms with E-state index in [9.17, 15) is 0 Å². The third-order valence-corrected chi connectivity index (χ3v) is 8.31. The van der Waals surface area contributed by atoms with Gasteiger partial charge in [-0.15, -0.1) is 35.9 Å². The molecule has 0 saturated heterocycles. The van der Waals surface area contributed by atoms with Crippen LogP contribution in [0.3, 0.4) is 0 Å². The molecule has 0 radical (unpaired) electrons. The Kier molecular flexibility index (Phi) is 20.3. The molecular formula is C47H60Cl2Zr-4. The number of rotatable bonds is 0. The number of aryl methyl sites for hydroxylation is 2. The predicted molar refractivity (Wildman–Crippen MR) is 222 cm³/mol. The van der Waals surface area contributed by atoms with E-state index in [1.807, 2.05) is 48.5 Å². The molecule has 0 N–H and O–H groups in total. The molecule has 6 rings (SSSR count). The van der Waals surface area contributed by atoms with E-state index in [1.165, 1.54) is 79.9 Å². The van der Waals surface area contributed by atoms with Crippen molar-refractivity contribution in [2.45, 2.75) is 107 Å². The van der Waals surface area contributed by atoms with Crippen molar-refractivity contribution in [1.82, 2.24) is 0 Å². The number of fused-ring (bicyclic) bond motifs is 3. The van der Waals surface area contributed by atoms with Crippen molar-refractivity contribution in [3.8, 4) is 11.1 Å². The second-order valence-corrected chi connectivity index (χ2v) is 15.9. The minimum atomic E-state index is 0. The number of hydrogen-bond donors (Lipinski definition) is 0. The maximum atomic E-state index is 3.67. The molecule has 1 unspecified atom stereocenters. The third-order valence-electron chi connectivity index (χ3n) is 8.31. The van der Waals surface area contributed by atoms with Gasteiger partial charge >= 0.3 is 28.4 Å². The molecule has 270 valence electrons. The van der Waals surface area contributed by atoms with Crippen LogP contribution in [0.15, 0.2) is 96.1 Å². The van der Waals surface area contributed by atoms with Gasteiger partial charge in [0.15, 0.2) is 0 Å². The van der Waals surface area contributed by atoms with E-state index in [1.54, 1.807) is 0 Å². The van der Waals surface area contributed by atoms with Crippen LogP contribution in [0.5, 0.6) is 0 Å². The Morgan fingerprint density at radius 2 is 1.12 bits per heavy atom. The Hall–Kier alpha value is -2.31. The van der Waals surface area contributed by atoms with E-state index in [0.717, 1.165) is 6.42 Å². The van der Waals surface area contributed by atoms with Crippen LogP contribution in [-0.4, -0.2) is 4.21 Å². The Morgan fingerprint density at radius 1 is 0.640 bits per heavy atom. The maximum absolute atomic E-state index is 3.67. The quantitative estimate of drug-likeness (QED) is 0.137. The zero-order valence-corrected chi connectivity index (χ0v) is 37.0. The monoisotopic (exact) mass is 784 g/mol. The van der Waals surface area contributed by atoms with Gasteiger partial charge in [0.25, 0.3) is 0 Å². The molecule has 0 fully saturated rings. The van der Waals surface area contributed by atoms with Gasteiger partial charge in [-0.2, -0.15) is 107 Å². The summed E-state index contributed by atoms with van der Waals surface area (Å²) in [6, 6.07) is 36.8. The molecule has 0 saturated carbocycles. The van der Waals surface area contributed by atoms with E-state index in [2.05, 4.69) is 155 Å². The normalized spacial score (nSPS) is 13.9. The van der Waals surface area contributed by atoms with Crippen LogP contribution in [0.25, 0.3) is 11.1 Å². The van der Waals surface area contributed by atoms with Gasteiger partial charge < -0.3 is 0 Å². The number of benzene rings is 4. The summed E-state index contributed by atoms with van der Waals surface area (Å²) in [6.07, 6.45) is 6.74. The van der Waals surface area contributed by atoms with Gasteiger partial charge in [-0.25, -0.2) is 5.57 Å². The van der Waals surface area contributed by atoms with Gasteiger partial charge in [0.2, 0.25) is 0 Å². The Bertz CT molecular complexity index is 1540. The molecule has 0 nitrogen and oxygen atoms in total. The molecule has 2 aliphatic rings. The van der Waals surface area contributed by atoms with Crippen LogP contribution in [0, 0.1) is 49.5 Å². The molecule has 0 bridgehead atoms. The van der Waals surface area contributed by atoms with E-state index in [4.69, 9.17) is 0 Å². The number of hydrogen-bond acceptors (Lipinski definition) is 0. The summed E-state index contributed by atoms with van der Waals surface area (Å²) in [5, 5.41) is 0. The van der Waals surface area contributed by atoms with Crippen molar-refractivity contribution >= 4 is 29.0 Å². The van der Waals surface area contributed by atoms with Gasteiger partial charge in [0, 0.05) is 0 Å². The molecule has 2 aliphatic carbocycles. The third kappa shape index (κ3) is 15.1. The molecular weight excluding hydrogens is 727 g/mol. The first-order valence-electron chi connectivity index (χ1n) is 17.1. The van der Waals surface area contributed by atoms with Crippen molar-refractivity contribution in [2.24, 2.45) is 11.3 Å². The van der Waals surface area contributed by atoms with Crippen LogP contribution in [0.1, 0.15) is 110 Å². The van der Waals surface area contributed by atoms with Crippen molar-refractivity contribution in [3.05, 3.63) is 154 Å². The summed E-state index contributed by atoms with van der Waals surface area (Å²) in [4.78, 5) is 0. The summed E-state index contributed by atoms with van der Waals surface area (Å²) in [7, 11) is 0. The molecule has 0 aliphatic heterocycles. The number of allylic oxidation sites excluding steroid dienone is 4. The van der Waals surface area contributed by atoms with Crippen molar-refractivity contribution in [3.63, 3.8) is 0 Å².